The van der Waals surface area contributed by atoms with Crippen molar-refractivity contribution in [3.63, 3.8) is 0 Å². The first-order valence-corrected chi connectivity index (χ1v) is 4.97. The molecule has 1 atom stereocenters. The molecule has 1 fully saturated rings. The molecular weight excluding hydrogens is 168 g/mol. The Kier molecular flexibility index (Phi) is 4.18. The molecule has 1 aliphatic heterocycles. The average molecular weight is 186 g/mol. The Bertz CT molecular complexity index is 167. The van der Waals surface area contributed by atoms with Crippen LogP contribution in [0.25, 0.3) is 0 Å². The van der Waals surface area contributed by atoms with Gasteiger partial charge >= 0.3 is 0 Å². The number of aliphatic hydroxyl groups is 1. The van der Waals surface area contributed by atoms with E-state index in [1.165, 1.54) is 6.42 Å². The van der Waals surface area contributed by atoms with Gasteiger partial charge in [0.1, 0.15) is 6.10 Å². The van der Waals surface area contributed by atoms with Crippen LogP contribution in [0.4, 0.5) is 0 Å². The van der Waals surface area contributed by atoms with Gasteiger partial charge in [-0.3, -0.25) is 10.2 Å². The second-order valence-corrected chi connectivity index (χ2v) is 3.45. The molecule has 0 spiro atoms. The minimum absolute atomic E-state index is 0.274. The lowest BCUT2D eigenvalue weighted by molar-refractivity contribution is -0.135. The Labute approximate surface area is 78.9 Å². The number of hydrazine groups is 1. The normalized spacial score (nSPS) is 21.1. The molecule has 0 aromatic carbocycles. The molecular formula is C9H18N2O2. The van der Waals surface area contributed by atoms with Gasteiger partial charge in [-0.25, -0.2) is 5.01 Å². The number of rotatable bonds is 3. The van der Waals surface area contributed by atoms with Crippen LogP contribution in [-0.2, 0) is 4.79 Å². The summed E-state index contributed by atoms with van der Waals surface area (Å²) in [6.07, 6.45) is 3.11. The minimum Gasteiger partial charge on any atom is -0.383 e. The number of nitrogens with one attached hydrogen (secondary N) is 1. The van der Waals surface area contributed by atoms with E-state index in [0.717, 1.165) is 25.9 Å². The van der Waals surface area contributed by atoms with Crippen molar-refractivity contribution in [2.75, 3.05) is 13.1 Å². The molecule has 13 heavy (non-hydrogen) atoms. The fourth-order valence-electron chi connectivity index (χ4n) is 1.42. The summed E-state index contributed by atoms with van der Waals surface area (Å²) in [5, 5.41) is 11.1. The molecule has 1 rings (SSSR count). The summed E-state index contributed by atoms with van der Waals surface area (Å²) in [7, 11) is 0. The van der Waals surface area contributed by atoms with Crippen LogP contribution in [0.1, 0.15) is 32.6 Å². The third kappa shape index (κ3) is 3.32. The molecule has 4 heteroatoms. The summed E-state index contributed by atoms with van der Waals surface area (Å²) in [5.74, 6) is -0.274. The quantitative estimate of drug-likeness (QED) is 0.665. The van der Waals surface area contributed by atoms with E-state index in [9.17, 15) is 9.90 Å². The Balaban J connectivity index is 2.26. The van der Waals surface area contributed by atoms with Gasteiger partial charge in [-0.2, -0.15) is 0 Å². The number of carbonyl (C=O) groups is 1. The molecule has 0 aromatic heterocycles. The third-order valence-electron chi connectivity index (χ3n) is 2.31. The molecule has 1 heterocycles. The Morgan fingerprint density at radius 2 is 2.08 bits per heavy atom. The number of hydrogen-bond donors (Lipinski definition) is 2. The molecule has 2 N–H and O–H groups in total. The van der Waals surface area contributed by atoms with Gasteiger partial charge in [0.2, 0.25) is 0 Å². The van der Waals surface area contributed by atoms with E-state index in [1.54, 1.807) is 6.92 Å². The number of nitrogens with zero attached hydrogens (tertiary/aromatic N) is 1. The summed E-state index contributed by atoms with van der Waals surface area (Å²) >= 11 is 0. The van der Waals surface area contributed by atoms with E-state index in [4.69, 9.17) is 0 Å². The number of hydrogen-bond acceptors (Lipinski definition) is 3. The number of aliphatic hydroxyl groups excluding tert-OH is 1. The molecule has 0 saturated carbocycles. The Morgan fingerprint density at radius 1 is 1.46 bits per heavy atom. The average Bonchev–Trinajstić information content (AvgIpc) is 2.18. The molecule has 1 unspecified atom stereocenters. The molecule has 1 aliphatic rings. The van der Waals surface area contributed by atoms with Crippen molar-refractivity contribution in [1.82, 2.24) is 10.4 Å². The summed E-state index contributed by atoms with van der Waals surface area (Å²) in [4.78, 5) is 11.2. The van der Waals surface area contributed by atoms with E-state index < -0.39 is 6.10 Å². The molecule has 1 amide bonds. The zero-order chi connectivity index (χ0) is 9.68. The number of carbonyl (C=O) groups excluding carboxylic acids is 1. The molecule has 4 nitrogen and oxygen atoms in total. The first-order valence-electron chi connectivity index (χ1n) is 4.97. The lowest BCUT2D eigenvalue weighted by Crippen LogP contribution is -2.48. The number of amides is 1. The van der Waals surface area contributed by atoms with Gasteiger partial charge in [0.25, 0.3) is 5.91 Å². The van der Waals surface area contributed by atoms with Crippen molar-refractivity contribution in [2.45, 2.75) is 38.7 Å². The maximum absolute atomic E-state index is 11.2. The SMILES string of the molecule is CCC(O)C(=O)NN1CCCCC1. The monoisotopic (exact) mass is 186 g/mol. The van der Waals surface area contributed by atoms with Crippen molar-refractivity contribution < 1.29 is 9.90 Å². The van der Waals surface area contributed by atoms with Crippen molar-refractivity contribution in [3.05, 3.63) is 0 Å². The molecule has 76 valence electrons. The minimum atomic E-state index is -0.859. The Morgan fingerprint density at radius 3 is 2.62 bits per heavy atom. The van der Waals surface area contributed by atoms with Gasteiger partial charge in [0.05, 0.1) is 0 Å². The summed E-state index contributed by atoms with van der Waals surface area (Å²) < 4.78 is 0. The highest BCUT2D eigenvalue weighted by atomic mass is 16.3. The van der Waals surface area contributed by atoms with Crippen LogP contribution in [0, 0.1) is 0 Å². The molecule has 0 aliphatic carbocycles. The van der Waals surface area contributed by atoms with Crippen LogP contribution in [0.3, 0.4) is 0 Å². The highest BCUT2D eigenvalue weighted by Gasteiger charge is 2.17. The van der Waals surface area contributed by atoms with Crippen molar-refractivity contribution >= 4 is 5.91 Å². The van der Waals surface area contributed by atoms with Crippen molar-refractivity contribution in [1.29, 1.82) is 0 Å². The van der Waals surface area contributed by atoms with Crippen molar-refractivity contribution in [3.8, 4) is 0 Å². The van der Waals surface area contributed by atoms with Gasteiger partial charge in [0.15, 0.2) is 0 Å². The summed E-state index contributed by atoms with van der Waals surface area (Å²) in [5.41, 5.74) is 2.71. The van der Waals surface area contributed by atoms with E-state index in [2.05, 4.69) is 5.43 Å². The van der Waals surface area contributed by atoms with Crippen LogP contribution in [0.5, 0.6) is 0 Å². The van der Waals surface area contributed by atoms with Gasteiger partial charge in [-0.1, -0.05) is 13.3 Å². The third-order valence-corrected chi connectivity index (χ3v) is 2.31. The van der Waals surface area contributed by atoms with Crippen LogP contribution >= 0.6 is 0 Å². The highest BCUT2D eigenvalue weighted by molar-refractivity contribution is 5.79. The highest BCUT2D eigenvalue weighted by Crippen LogP contribution is 2.06. The first-order chi connectivity index (χ1) is 6.24. The zero-order valence-electron chi connectivity index (χ0n) is 8.12. The van der Waals surface area contributed by atoms with Crippen LogP contribution < -0.4 is 5.43 Å². The van der Waals surface area contributed by atoms with E-state index in [-0.39, 0.29) is 5.91 Å². The first kappa shape index (κ1) is 10.5. The molecule has 0 aromatic rings. The maximum Gasteiger partial charge on any atom is 0.263 e. The van der Waals surface area contributed by atoms with Crippen LogP contribution in [-0.4, -0.2) is 35.2 Å². The lowest BCUT2D eigenvalue weighted by Gasteiger charge is -2.27. The second kappa shape index (κ2) is 5.19. The smallest absolute Gasteiger partial charge is 0.263 e. The van der Waals surface area contributed by atoms with Gasteiger partial charge in [0, 0.05) is 13.1 Å². The van der Waals surface area contributed by atoms with Crippen molar-refractivity contribution in [2.24, 2.45) is 0 Å². The van der Waals surface area contributed by atoms with Gasteiger partial charge < -0.3 is 5.11 Å². The van der Waals surface area contributed by atoms with Crippen LogP contribution in [0.2, 0.25) is 0 Å². The predicted molar refractivity (Wildman–Crippen MR) is 49.9 cm³/mol. The number of piperidine rings is 1. The fraction of sp³-hybridized carbons (Fsp3) is 0.889. The topological polar surface area (TPSA) is 52.6 Å². The summed E-state index contributed by atoms with van der Waals surface area (Å²) in [6.45, 7) is 3.60. The zero-order valence-corrected chi connectivity index (χ0v) is 8.12. The predicted octanol–water partition coefficient (Wildman–Crippen LogP) is 0.274. The fourth-order valence-corrected chi connectivity index (χ4v) is 1.42. The van der Waals surface area contributed by atoms with Crippen LogP contribution in [0.15, 0.2) is 0 Å². The van der Waals surface area contributed by atoms with Gasteiger partial charge in [-0.15, -0.1) is 0 Å². The van der Waals surface area contributed by atoms with E-state index >= 15 is 0 Å². The van der Waals surface area contributed by atoms with E-state index in [1.807, 2.05) is 5.01 Å². The maximum atomic E-state index is 11.2. The van der Waals surface area contributed by atoms with Gasteiger partial charge in [-0.05, 0) is 19.3 Å². The standard InChI is InChI=1S/C9H18N2O2/c1-2-8(12)9(13)10-11-6-4-3-5-7-11/h8,12H,2-7H2,1H3,(H,10,13). The lowest BCUT2D eigenvalue weighted by atomic mass is 10.2. The van der Waals surface area contributed by atoms with E-state index in [0.29, 0.717) is 6.42 Å². The molecule has 1 saturated heterocycles. The summed E-state index contributed by atoms with van der Waals surface area (Å²) in [6, 6.07) is 0. The second-order valence-electron chi connectivity index (χ2n) is 3.45. The molecule has 0 bridgehead atoms. The Hall–Kier alpha value is -0.610. The molecule has 0 radical (unpaired) electrons. The largest absolute Gasteiger partial charge is 0.383 e.